The van der Waals surface area contributed by atoms with E-state index >= 15 is 0 Å². The van der Waals surface area contributed by atoms with Crippen LogP contribution in [0.5, 0.6) is 0 Å². The van der Waals surface area contributed by atoms with Gasteiger partial charge >= 0.3 is 0 Å². The molecule has 1 radical (unpaired) electrons. The molecule has 2 rings (SSSR count). The van der Waals surface area contributed by atoms with E-state index in [4.69, 9.17) is 0 Å². The summed E-state index contributed by atoms with van der Waals surface area (Å²) >= 11 is 0. The van der Waals surface area contributed by atoms with E-state index in [0.717, 1.165) is 13.0 Å². The molecule has 2 heterocycles. The van der Waals surface area contributed by atoms with Gasteiger partial charge in [0.2, 0.25) is 6.20 Å². The van der Waals surface area contributed by atoms with E-state index < -0.39 is 0 Å². The Morgan fingerprint density at radius 1 is 1.50 bits per heavy atom. The molecule has 0 saturated carbocycles. The van der Waals surface area contributed by atoms with Gasteiger partial charge in [-0.1, -0.05) is 0 Å². The van der Waals surface area contributed by atoms with Gasteiger partial charge in [-0.05, 0) is 6.08 Å². The van der Waals surface area contributed by atoms with E-state index in [-0.39, 0.29) is 0 Å². The maximum absolute atomic E-state index is 4.23. The maximum atomic E-state index is 4.23. The Hall–Kier alpha value is -1.18. The van der Waals surface area contributed by atoms with Crippen molar-refractivity contribution in [3.63, 3.8) is 0 Å². The third kappa shape index (κ3) is 0.817. The first-order chi connectivity index (χ1) is 4.97. The lowest BCUT2D eigenvalue weighted by Crippen LogP contribution is -2.17. The maximum Gasteiger partial charge on any atom is 0.264 e. The van der Waals surface area contributed by atoms with Gasteiger partial charge in [0, 0.05) is 17.9 Å². The van der Waals surface area contributed by atoms with Crippen LogP contribution in [0.2, 0.25) is 0 Å². The molecule has 2 aliphatic heterocycles. The molecule has 0 saturated heterocycles. The van der Waals surface area contributed by atoms with Crippen LogP contribution >= 0.6 is 0 Å². The first kappa shape index (κ1) is 5.59. The van der Waals surface area contributed by atoms with E-state index in [9.17, 15) is 0 Å². The van der Waals surface area contributed by atoms with Gasteiger partial charge in [0.1, 0.15) is 0 Å². The summed E-state index contributed by atoms with van der Waals surface area (Å²) < 4.78 is 0. The van der Waals surface area contributed by atoms with Gasteiger partial charge in [0.15, 0.2) is 0 Å². The highest BCUT2D eigenvalue weighted by molar-refractivity contribution is 6.09. The molecule has 49 valence electrons. The summed E-state index contributed by atoms with van der Waals surface area (Å²) in [6.07, 6.45) is 8.70. The summed E-state index contributed by atoms with van der Waals surface area (Å²) in [6.45, 7) is 0.809. The Morgan fingerprint density at radius 3 is 3.40 bits per heavy atom. The van der Waals surface area contributed by atoms with Crippen LogP contribution in [0.1, 0.15) is 6.42 Å². The van der Waals surface area contributed by atoms with Crippen molar-refractivity contribution in [1.82, 2.24) is 4.99 Å². The molecule has 0 aromatic heterocycles. The van der Waals surface area contributed by atoms with Crippen LogP contribution in [0.3, 0.4) is 0 Å². The third-order valence-electron chi connectivity index (χ3n) is 1.66. The highest BCUT2D eigenvalue weighted by Crippen LogP contribution is 2.07. The summed E-state index contributed by atoms with van der Waals surface area (Å²) in [6, 6.07) is 0. The van der Waals surface area contributed by atoms with Crippen LogP contribution < -0.4 is 4.99 Å². The zero-order valence-electron chi connectivity index (χ0n) is 5.62. The van der Waals surface area contributed by atoms with Gasteiger partial charge in [0.25, 0.3) is 5.71 Å². The lowest BCUT2D eigenvalue weighted by atomic mass is 10.0. The summed E-state index contributed by atoms with van der Waals surface area (Å²) in [7, 11) is 0. The Morgan fingerprint density at radius 2 is 2.50 bits per heavy atom. The number of nitrogens with zero attached hydrogens (tertiary/aromatic N) is 2. The number of aliphatic imine (C=N–C) groups is 2. The molecule has 0 unspecified atom stereocenters. The van der Waals surface area contributed by atoms with Crippen molar-refractivity contribution in [2.45, 2.75) is 6.42 Å². The summed E-state index contributed by atoms with van der Waals surface area (Å²) in [5, 5.41) is 0. The fourth-order valence-corrected chi connectivity index (χ4v) is 1.11. The Bertz CT molecular complexity index is 230. The van der Waals surface area contributed by atoms with Gasteiger partial charge in [-0.3, -0.25) is 4.99 Å². The molecule has 0 N–H and O–H groups in total. The van der Waals surface area contributed by atoms with Crippen LogP contribution in [0.4, 0.5) is 0 Å². The molecule has 2 nitrogen and oxygen atoms in total. The van der Waals surface area contributed by atoms with Crippen LogP contribution in [-0.4, -0.2) is 18.5 Å². The number of allylic oxidation sites excluding steroid dienone is 2. The highest BCUT2D eigenvalue weighted by atomic mass is 14.8. The summed E-state index contributed by atoms with van der Waals surface area (Å²) in [5.41, 5.74) is 2.45. The second kappa shape index (κ2) is 2.21. The van der Waals surface area contributed by atoms with Gasteiger partial charge in [-0.25, -0.2) is 0 Å². The monoisotopic (exact) mass is 132 g/mol. The van der Waals surface area contributed by atoms with Crippen molar-refractivity contribution >= 4 is 11.9 Å². The van der Waals surface area contributed by atoms with Crippen molar-refractivity contribution < 1.29 is 0 Å². The Balaban J connectivity index is 2.39. The normalized spacial score (nSPS) is 21.6. The highest BCUT2D eigenvalue weighted by Gasteiger charge is 2.19. The van der Waals surface area contributed by atoms with E-state index in [0.29, 0.717) is 0 Å². The molecule has 2 heteroatoms. The molecule has 0 amide bonds. The van der Waals surface area contributed by atoms with Crippen LogP contribution in [-0.2, 0) is 0 Å². The van der Waals surface area contributed by atoms with E-state index in [1.54, 1.807) is 0 Å². The molecular weight excluding hydrogens is 124 g/mol. The van der Waals surface area contributed by atoms with Crippen molar-refractivity contribution in [2.24, 2.45) is 4.99 Å². The predicted molar refractivity (Wildman–Crippen MR) is 42.3 cm³/mol. The molecule has 10 heavy (non-hydrogen) atoms. The van der Waals surface area contributed by atoms with Gasteiger partial charge < -0.3 is 0 Å². The van der Waals surface area contributed by atoms with Crippen molar-refractivity contribution in [2.75, 3.05) is 6.54 Å². The summed E-state index contributed by atoms with van der Waals surface area (Å²) in [5.74, 6) is 0. The molecule has 2 aliphatic rings. The molecule has 0 fully saturated rings. The lowest BCUT2D eigenvalue weighted by molar-refractivity contribution is 1.13. The molecule has 0 spiro atoms. The van der Waals surface area contributed by atoms with Crippen LogP contribution in [0, 0.1) is 0 Å². The third-order valence-corrected chi connectivity index (χ3v) is 1.66. The van der Waals surface area contributed by atoms with E-state index in [2.05, 4.69) is 16.1 Å². The minimum atomic E-state index is 0.809. The largest absolute Gasteiger partial charge is 0.292 e. The van der Waals surface area contributed by atoms with Crippen LogP contribution in [0.15, 0.2) is 28.9 Å². The topological polar surface area (TPSA) is 26.5 Å². The Kier molecular flexibility index (Phi) is 1.24. The molecule has 0 aromatic rings. The fourth-order valence-electron chi connectivity index (χ4n) is 1.11. The average Bonchev–Trinajstić information content (AvgIpc) is 2.05. The second-order valence-electron chi connectivity index (χ2n) is 2.34. The molecule has 0 aromatic carbocycles. The Labute approximate surface area is 59.7 Å². The minimum Gasteiger partial charge on any atom is -0.292 e. The zero-order valence-corrected chi connectivity index (χ0v) is 5.62. The van der Waals surface area contributed by atoms with Gasteiger partial charge in [-0.15, -0.1) is 0 Å². The van der Waals surface area contributed by atoms with Gasteiger partial charge in [-0.2, -0.15) is 0 Å². The fraction of sp³-hybridized carbons (Fsp3) is 0.250. The van der Waals surface area contributed by atoms with Crippen molar-refractivity contribution in [1.29, 1.82) is 0 Å². The SMILES string of the molecule is C1=C[N+]=C2CC=NCC2=C1. The molecule has 0 aliphatic carbocycles. The number of hydrogen-bond acceptors (Lipinski definition) is 2. The molecule has 0 bridgehead atoms. The van der Waals surface area contributed by atoms with E-state index in [1.807, 2.05) is 18.5 Å². The van der Waals surface area contributed by atoms with Gasteiger partial charge in [0.05, 0.1) is 18.0 Å². The quantitative estimate of drug-likeness (QED) is 0.463. The zero-order chi connectivity index (χ0) is 6.81. The van der Waals surface area contributed by atoms with Crippen LogP contribution in [0.25, 0.3) is 0 Å². The first-order valence-corrected chi connectivity index (χ1v) is 3.38. The van der Waals surface area contributed by atoms with Crippen molar-refractivity contribution in [3.8, 4) is 0 Å². The van der Waals surface area contributed by atoms with E-state index in [1.165, 1.54) is 11.3 Å². The smallest absolute Gasteiger partial charge is 0.264 e. The predicted octanol–water partition coefficient (Wildman–Crippen LogP) is 0.691. The lowest BCUT2D eigenvalue weighted by Gasteiger charge is -2.03. The molecule has 0 atom stereocenters. The standard InChI is InChI=1S/C8H8N2/c1-2-7-6-9-5-3-8(7)10-4-1/h1-2,4-5H,3,6H2/q+1. The average molecular weight is 132 g/mol. The molecular formula is C8H8N2+. The second-order valence-corrected chi connectivity index (χ2v) is 2.34. The minimum absolute atomic E-state index is 0.809. The van der Waals surface area contributed by atoms with Crippen molar-refractivity contribution in [3.05, 3.63) is 23.9 Å². The number of hydrogen-bond donors (Lipinski definition) is 0. The first-order valence-electron chi connectivity index (χ1n) is 3.38. The number of fused-ring (bicyclic) bond motifs is 1. The number of rotatable bonds is 0. The summed E-state index contributed by atoms with van der Waals surface area (Å²) in [4.78, 5) is 8.38.